The Hall–Kier alpha value is -0.980. The van der Waals surface area contributed by atoms with Crippen molar-refractivity contribution in [3.8, 4) is 5.88 Å². The predicted molar refractivity (Wildman–Crippen MR) is 80.7 cm³/mol. The molecule has 0 bridgehead atoms. The van der Waals surface area contributed by atoms with Crippen LogP contribution in [0.4, 0.5) is 0 Å². The lowest BCUT2D eigenvalue weighted by atomic mass is 10.1. The van der Waals surface area contributed by atoms with E-state index in [0.717, 1.165) is 23.1 Å². The highest BCUT2D eigenvalue weighted by molar-refractivity contribution is 9.10. The third-order valence-corrected chi connectivity index (χ3v) is 4.71. The molecule has 102 valence electrons. The summed E-state index contributed by atoms with van der Waals surface area (Å²) in [5.74, 6) is 0.538. The molecule has 0 radical (unpaired) electrons. The maximum atomic E-state index is 5.03. The molecular weight excluding hydrogens is 326 g/mol. The summed E-state index contributed by atoms with van der Waals surface area (Å²) in [5.41, 5.74) is 0.933. The van der Waals surface area contributed by atoms with Crippen molar-refractivity contribution >= 4 is 27.3 Å². The van der Waals surface area contributed by atoms with E-state index in [9.17, 15) is 0 Å². The van der Waals surface area contributed by atoms with Crippen LogP contribution in [0.1, 0.15) is 23.5 Å². The summed E-state index contributed by atoms with van der Waals surface area (Å²) in [5, 5.41) is 13.8. The molecule has 0 saturated heterocycles. The average molecular weight is 342 g/mol. The van der Waals surface area contributed by atoms with Gasteiger partial charge in [0, 0.05) is 21.8 Å². The number of ether oxygens (including phenoxy) is 1. The minimum atomic E-state index is 0.165. The molecular formula is C13H16BrN3OS. The van der Waals surface area contributed by atoms with Gasteiger partial charge in [-0.1, -0.05) is 6.92 Å². The van der Waals surface area contributed by atoms with Gasteiger partial charge < -0.3 is 10.1 Å². The number of nitrogens with one attached hydrogen (secondary N) is 1. The zero-order valence-corrected chi connectivity index (χ0v) is 13.3. The van der Waals surface area contributed by atoms with E-state index in [4.69, 9.17) is 4.74 Å². The lowest BCUT2D eigenvalue weighted by Gasteiger charge is -2.16. The summed E-state index contributed by atoms with van der Waals surface area (Å²) in [6, 6.07) is 6.04. The van der Waals surface area contributed by atoms with Gasteiger partial charge in [-0.2, -0.15) is 5.10 Å². The number of hydrogen-bond acceptors (Lipinski definition) is 5. The second-order valence-electron chi connectivity index (χ2n) is 4.01. The Balaban J connectivity index is 2.16. The number of hydrogen-bond donors (Lipinski definition) is 1. The van der Waals surface area contributed by atoms with Crippen LogP contribution in [-0.4, -0.2) is 23.9 Å². The maximum Gasteiger partial charge on any atom is 0.233 e. The molecule has 6 heteroatoms. The van der Waals surface area contributed by atoms with Crippen LogP contribution in [-0.2, 0) is 6.42 Å². The highest BCUT2D eigenvalue weighted by Crippen LogP contribution is 2.27. The van der Waals surface area contributed by atoms with Gasteiger partial charge in [-0.3, -0.25) is 0 Å². The molecule has 0 saturated carbocycles. The van der Waals surface area contributed by atoms with Gasteiger partial charge in [-0.25, -0.2) is 0 Å². The van der Waals surface area contributed by atoms with E-state index in [-0.39, 0.29) is 6.04 Å². The lowest BCUT2D eigenvalue weighted by molar-refractivity contribution is 0.389. The van der Waals surface area contributed by atoms with Crippen LogP contribution < -0.4 is 10.1 Å². The van der Waals surface area contributed by atoms with Crippen LogP contribution in [0.15, 0.2) is 28.1 Å². The largest absolute Gasteiger partial charge is 0.480 e. The van der Waals surface area contributed by atoms with Crippen molar-refractivity contribution in [1.29, 1.82) is 0 Å². The standard InChI is InChI=1S/C13H16BrN3OS/c1-3-15-11(8-12-9(14)6-7-19-12)10-4-5-13(18-2)17-16-10/h4-7,11,15H,3,8H2,1-2H3. The fourth-order valence-corrected chi connectivity index (χ4v) is 3.37. The number of rotatable bonds is 6. The molecule has 2 rings (SSSR count). The van der Waals surface area contributed by atoms with E-state index in [1.807, 2.05) is 12.1 Å². The van der Waals surface area contributed by atoms with Crippen molar-refractivity contribution in [3.05, 3.63) is 38.6 Å². The predicted octanol–water partition coefficient (Wildman–Crippen LogP) is 3.20. The average Bonchev–Trinajstić information content (AvgIpc) is 2.84. The Kier molecular flexibility index (Phi) is 5.30. The van der Waals surface area contributed by atoms with Gasteiger partial charge in [0.05, 0.1) is 18.8 Å². The van der Waals surface area contributed by atoms with Crippen LogP contribution >= 0.6 is 27.3 Å². The van der Waals surface area contributed by atoms with Gasteiger partial charge in [0.1, 0.15) is 0 Å². The highest BCUT2D eigenvalue weighted by Gasteiger charge is 2.15. The molecule has 2 aromatic rings. The van der Waals surface area contributed by atoms with E-state index in [0.29, 0.717) is 5.88 Å². The molecule has 1 atom stereocenters. The molecule has 0 aliphatic rings. The molecule has 2 aromatic heterocycles. The van der Waals surface area contributed by atoms with Crippen molar-refractivity contribution in [2.75, 3.05) is 13.7 Å². The Labute approximate surface area is 125 Å². The third-order valence-electron chi connectivity index (χ3n) is 2.76. The third kappa shape index (κ3) is 3.75. The Morgan fingerprint density at radius 2 is 2.21 bits per heavy atom. The molecule has 0 aliphatic heterocycles. The Morgan fingerprint density at radius 3 is 2.74 bits per heavy atom. The van der Waals surface area contributed by atoms with Crippen LogP contribution in [0, 0.1) is 0 Å². The molecule has 1 N–H and O–H groups in total. The fraction of sp³-hybridized carbons (Fsp3) is 0.385. The molecule has 0 aromatic carbocycles. The summed E-state index contributed by atoms with van der Waals surface area (Å²) in [6.07, 6.45) is 0.896. The number of methoxy groups -OCH3 is 1. The van der Waals surface area contributed by atoms with Gasteiger partial charge in [0.25, 0.3) is 0 Å². The van der Waals surface area contributed by atoms with Crippen LogP contribution in [0.25, 0.3) is 0 Å². The molecule has 0 amide bonds. The molecule has 2 heterocycles. The van der Waals surface area contributed by atoms with Crippen molar-refractivity contribution in [2.45, 2.75) is 19.4 Å². The minimum Gasteiger partial charge on any atom is -0.480 e. The number of likely N-dealkylation sites (N-methyl/N-ethyl adjacent to an activating group) is 1. The van der Waals surface area contributed by atoms with Gasteiger partial charge >= 0.3 is 0 Å². The first kappa shape index (κ1) is 14.4. The van der Waals surface area contributed by atoms with Crippen molar-refractivity contribution < 1.29 is 4.74 Å². The van der Waals surface area contributed by atoms with Gasteiger partial charge in [-0.15, -0.1) is 16.4 Å². The summed E-state index contributed by atoms with van der Waals surface area (Å²) < 4.78 is 6.19. The summed E-state index contributed by atoms with van der Waals surface area (Å²) in [4.78, 5) is 1.31. The second-order valence-corrected chi connectivity index (χ2v) is 5.86. The van der Waals surface area contributed by atoms with E-state index < -0.39 is 0 Å². The van der Waals surface area contributed by atoms with Crippen LogP contribution in [0.3, 0.4) is 0 Å². The van der Waals surface area contributed by atoms with Gasteiger partial charge in [0.15, 0.2) is 0 Å². The zero-order valence-electron chi connectivity index (χ0n) is 10.9. The molecule has 0 fully saturated rings. The van der Waals surface area contributed by atoms with Crippen LogP contribution in [0.5, 0.6) is 5.88 Å². The quantitative estimate of drug-likeness (QED) is 0.876. The summed E-state index contributed by atoms with van der Waals surface area (Å²) in [6.45, 7) is 2.98. The molecule has 0 spiro atoms. The van der Waals surface area contributed by atoms with Gasteiger partial charge in [-0.05, 0) is 40.0 Å². The molecule has 1 unspecified atom stereocenters. The van der Waals surface area contributed by atoms with Crippen molar-refractivity contribution in [3.63, 3.8) is 0 Å². The van der Waals surface area contributed by atoms with E-state index >= 15 is 0 Å². The fourth-order valence-electron chi connectivity index (χ4n) is 1.81. The topological polar surface area (TPSA) is 47.0 Å². The molecule has 4 nitrogen and oxygen atoms in total. The zero-order chi connectivity index (χ0) is 13.7. The first-order valence-electron chi connectivity index (χ1n) is 6.07. The normalized spacial score (nSPS) is 12.4. The van der Waals surface area contributed by atoms with Crippen molar-refractivity contribution in [2.24, 2.45) is 0 Å². The summed E-state index contributed by atoms with van der Waals surface area (Å²) in [7, 11) is 1.59. The van der Waals surface area contributed by atoms with Crippen LogP contribution in [0.2, 0.25) is 0 Å². The number of aromatic nitrogens is 2. The number of thiophene rings is 1. The second kappa shape index (κ2) is 6.98. The molecule has 0 aliphatic carbocycles. The summed E-state index contributed by atoms with van der Waals surface area (Å²) >= 11 is 5.31. The Bertz CT molecular complexity index is 515. The van der Waals surface area contributed by atoms with Crippen molar-refractivity contribution in [1.82, 2.24) is 15.5 Å². The van der Waals surface area contributed by atoms with E-state index in [2.05, 4.69) is 49.8 Å². The van der Waals surface area contributed by atoms with E-state index in [1.54, 1.807) is 18.4 Å². The van der Waals surface area contributed by atoms with E-state index in [1.165, 1.54) is 4.88 Å². The SMILES string of the molecule is CCNC(Cc1sccc1Br)c1ccc(OC)nn1. The highest BCUT2D eigenvalue weighted by atomic mass is 79.9. The minimum absolute atomic E-state index is 0.165. The maximum absolute atomic E-state index is 5.03. The lowest BCUT2D eigenvalue weighted by Crippen LogP contribution is -2.24. The number of nitrogens with zero attached hydrogens (tertiary/aromatic N) is 2. The Morgan fingerprint density at radius 1 is 1.37 bits per heavy atom. The molecule has 19 heavy (non-hydrogen) atoms. The first-order valence-corrected chi connectivity index (χ1v) is 7.74. The van der Waals surface area contributed by atoms with Gasteiger partial charge in [0.2, 0.25) is 5.88 Å². The first-order chi connectivity index (χ1) is 9.24. The number of halogens is 1. The monoisotopic (exact) mass is 341 g/mol. The smallest absolute Gasteiger partial charge is 0.233 e.